The van der Waals surface area contributed by atoms with E-state index in [4.69, 9.17) is 16.3 Å². The molecule has 0 heterocycles. The molecule has 2 aromatic carbocycles. The Morgan fingerprint density at radius 1 is 1.29 bits per heavy atom. The molecule has 2 rings (SSSR count). The lowest BCUT2D eigenvalue weighted by Gasteiger charge is -2.09. The van der Waals surface area contributed by atoms with Crippen LogP contribution >= 0.6 is 11.6 Å². The summed E-state index contributed by atoms with van der Waals surface area (Å²) in [6, 6.07) is 10.3. The molecule has 0 unspecified atom stereocenters. The lowest BCUT2D eigenvalue weighted by Crippen LogP contribution is -2.20. The number of hydrogen-bond donors (Lipinski definition) is 1. The van der Waals surface area contributed by atoms with Crippen LogP contribution in [0, 0.1) is 5.82 Å². The Kier molecular flexibility index (Phi) is 4.90. The maximum absolute atomic E-state index is 13.2. The molecule has 0 fully saturated rings. The molecule has 0 atom stereocenters. The van der Waals surface area contributed by atoms with Gasteiger partial charge in [-0.05, 0) is 24.3 Å². The first-order chi connectivity index (χ1) is 10.1. The SMILES string of the molecule is O=Cc1cc(F)cc(OCC(=O)Nc2ccccc2Cl)c1. The summed E-state index contributed by atoms with van der Waals surface area (Å²) in [6.45, 7) is -0.326. The first kappa shape index (κ1) is 15.0. The minimum Gasteiger partial charge on any atom is -0.484 e. The molecule has 4 nitrogen and oxygen atoms in total. The number of amides is 1. The fourth-order valence-corrected chi connectivity index (χ4v) is 1.82. The zero-order valence-electron chi connectivity index (χ0n) is 10.8. The summed E-state index contributed by atoms with van der Waals surface area (Å²) in [7, 11) is 0. The first-order valence-corrected chi connectivity index (χ1v) is 6.39. The number of anilines is 1. The van der Waals surface area contributed by atoms with Crippen LogP contribution in [0.15, 0.2) is 42.5 Å². The van der Waals surface area contributed by atoms with Crippen LogP contribution in [0.1, 0.15) is 10.4 Å². The van der Waals surface area contributed by atoms with Crippen molar-refractivity contribution in [2.75, 3.05) is 11.9 Å². The number of hydrogen-bond acceptors (Lipinski definition) is 3. The van der Waals surface area contributed by atoms with Gasteiger partial charge in [-0.3, -0.25) is 9.59 Å². The number of carbonyl (C=O) groups is 2. The minimum absolute atomic E-state index is 0.103. The molecular weight excluding hydrogens is 297 g/mol. The third kappa shape index (κ3) is 4.29. The molecule has 21 heavy (non-hydrogen) atoms. The van der Waals surface area contributed by atoms with Gasteiger partial charge >= 0.3 is 0 Å². The van der Waals surface area contributed by atoms with Crippen molar-refractivity contribution in [3.05, 3.63) is 58.9 Å². The van der Waals surface area contributed by atoms with E-state index >= 15 is 0 Å². The van der Waals surface area contributed by atoms with E-state index in [1.807, 2.05) is 0 Å². The lowest BCUT2D eigenvalue weighted by atomic mass is 10.2. The van der Waals surface area contributed by atoms with Gasteiger partial charge in [0, 0.05) is 11.6 Å². The second-order valence-electron chi connectivity index (χ2n) is 4.15. The smallest absolute Gasteiger partial charge is 0.262 e. The average molecular weight is 308 g/mol. The molecule has 0 aliphatic carbocycles. The Bertz CT molecular complexity index is 676. The van der Waals surface area contributed by atoms with Crippen molar-refractivity contribution in [1.29, 1.82) is 0 Å². The minimum atomic E-state index is -0.610. The Balaban J connectivity index is 1.97. The molecule has 108 valence electrons. The molecule has 2 aromatic rings. The highest BCUT2D eigenvalue weighted by atomic mass is 35.5. The van der Waals surface area contributed by atoms with Crippen LogP contribution in [0.5, 0.6) is 5.75 Å². The number of para-hydroxylation sites is 1. The summed E-state index contributed by atoms with van der Waals surface area (Å²) in [5.41, 5.74) is 0.595. The average Bonchev–Trinajstić information content (AvgIpc) is 2.47. The van der Waals surface area contributed by atoms with Crippen LogP contribution in [0.4, 0.5) is 10.1 Å². The van der Waals surface area contributed by atoms with E-state index in [-0.39, 0.29) is 17.9 Å². The second kappa shape index (κ2) is 6.85. The predicted molar refractivity (Wildman–Crippen MR) is 77.4 cm³/mol. The van der Waals surface area contributed by atoms with Crippen LogP contribution in [0.2, 0.25) is 5.02 Å². The van der Waals surface area contributed by atoms with Gasteiger partial charge in [0.05, 0.1) is 10.7 Å². The third-order valence-corrected chi connectivity index (χ3v) is 2.88. The Labute approximate surface area is 125 Å². The van der Waals surface area contributed by atoms with E-state index in [0.717, 1.165) is 12.1 Å². The number of aldehydes is 1. The van der Waals surface area contributed by atoms with Crippen LogP contribution in [-0.4, -0.2) is 18.8 Å². The van der Waals surface area contributed by atoms with E-state index in [9.17, 15) is 14.0 Å². The predicted octanol–water partition coefficient (Wildman–Crippen LogP) is 3.31. The molecule has 0 saturated heterocycles. The van der Waals surface area contributed by atoms with Gasteiger partial charge in [0.2, 0.25) is 0 Å². The molecule has 0 bridgehead atoms. The highest BCUT2D eigenvalue weighted by Crippen LogP contribution is 2.20. The van der Waals surface area contributed by atoms with Gasteiger partial charge in [-0.15, -0.1) is 0 Å². The second-order valence-corrected chi connectivity index (χ2v) is 4.56. The molecule has 0 aliphatic rings. The topological polar surface area (TPSA) is 55.4 Å². The Morgan fingerprint density at radius 3 is 2.76 bits per heavy atom. The van der Waals surface area contributed by atoms with E-state index in [1.54, 1.807) is 24.3 Å². The van der Waals surface area contributed by atoms with Crippen LogP contribution in [0.3, 0.4) is 0 Å². The molecule has 0 saturated carbocycles. The lowest BCUT2D eigenvalue weighted by molar-refractivity contribution is -0.118. The molecule has 6 heteroatoms. The standard InChI is InChI=1S/C15H11ClFNO3/c16-13-3-1-2-4-14(13)18-15(20)9-21-12-6-10(8-19)5-11(17)7-12/h1-8H,9H2,(H,18,20). The zero-order chi connectivity index (χ0) is 15.2. The fourth-order valence-electron chi connectivity index (χ4n) is 1.63. The summed E-state index contributed by atoms with van der Waals surface area (Å²) in [4.78, 5) is 22.3. The van der Waals surface area contributed by atoms with Crippen molar-refractivity contribution in [1.82, 2.24) is 0 Å². The zero-order valence-corrected chi connectivity index (χ0v) is 11.6. The first-order valence-electron chi connectivity index (χ1n) is 6.01. The quantitative estimate of drug-likeness (QED) is 0.862. The maximum atomic E-state index is 13.2. The largest absolute Gasteiger partial charge is 0.484 e. The summed E-state index contributed by atoms with van der Waals surface area (Å²) in [5, 5.41) is 2.97. The summed E-state index contributed by atoms with van der Waals surface area (Å²) < 4.78 is 18.3. The number of ether oxygens (including phenoxy) is 1. The van der Waals surface area contributed by atoms with Gasteiger partial charge in [0.15, 0.2) is 6.61 Å². The summed E-state index contributed by atoms with van der Waals surface area (Å²) in [5.74, 6) is -0.951. The monoisotopic (exact) mass is 307 g/mol. The number of nitrogens with one attached hydrogen (secondary N) is 1. The summed E-state index contributed by atoms with van der Waals surface area (Å²) >= 11 is 5.90. The van der Waals surface area contributed by atoms with Gasteiger partial charge in [0.1, 0.15) is 17.9 Å². The van der Waals surface area contributed by atoms with E-state index in [1.165, 1.54) is 6.07 Å². The molecule has 1 N–H and O–H groups in total. The molecule has 1 amide bonds. The fraction of sp³-hybridized carbons (Fsp3) is 0.0667. The molecule has 0 aromatic heterocycles. The summed E-state index contributed by atoms with van der Waals surface area (Å²) in [6.07, 6.45) is 0.500. The van der Waals surface area contributed by atoms with Crippen molar-refractivity contribution in [2.45, 2.75) is 0 Å². The molecular formula is C15H11ClFNO3. The molecule has 0 aliphatic heterocycles. The molecule has 0 radical (unpaired) electrons. The van der Waals surface area contributed by atoms with Gasteiger partial charge in [-0.25, -0.2) is 4.39 Å². The van der Waals surface area contributed by atoms with Gasteiger partial charge in [-0.1, -0.05) is 23.7 Å². The maximum Gasteiger partial charge on any atom is 0.262 e. The number of rotatable bonds is 5. The van der Waals surface area contributed by atoms with E-state index < -0.39 is 11.7 Å². The normalized spacial score (nSPS) is 10.0. The van der Waals surface area contributed by atoms with Crippen LogP contribution in [0.25, 0.3) is 0 Å². The van der Waals surface area contributed by atoms with Gasteiger partial charge in [0.25, 0.3) is 5.91 Å². The highest BCUT2D eigenvalue weighted by Gasteiger charge is 2.07. The third-order valence-electron chi connectivity index (χ3n) is 2.55. The van der Waals surface area contributed by atoms with E-state index in [2.05, 4.69) is 5.32 Å². The van der Waals surface area contributed by atoms with Crippen molar-refractivity contribution in [2.24, 2.45) is 0 Å². The van der Waals surface area contributed by atoms with Crippen molar-refractivity contribution in [3.63, 3.8) is 0 Å². The number of carbonyl (C=O) groups excluding carboxylic acids is 2. The van der Waals surface area contributed by atoms with E-state index in [0.29, 0.717) is 17.0 Å². The Hall–Kier alpha value is -2.40. The van der Waals surface area contributed by atoms with Crippen LogP contribution in [-0.2, 0) is 4.79 Å². The van der Waals surface area contributed by atoms with Crippen molar-refractivity contribution >= 4 is 29.5 Å². The Morgan fingerprint density at radius 2 is 2.05 bits per heavy atom. The van der Waals surface area contributed by atoms with Crippen molar-refractivity contribution in [3.8, 4) is 5.75 Å². The van der Waals surface area contributed by atoms with Crippen molar-refractivity contribution < 1.29 is 18.7 Å². The molecule has 0 spiro atoms. The van der Waals surface area contributed by atoms with Gasteiger partial charge in [-0.2, -0.15) is 0 Å². The number of benzene rings is 2. The van der Waals surface area contributed by atoms with Gasteiger partial charge < -0.3 is 10.1 Å². The van der Waals surface area contributed by atoms with Crippen LogP contribution < -0.4 is 10.1 Å². The highest BCUT2D eigenvalue weighted by molar-refractivity contribution is 6.33. The number of halogens is 2.